The van der Waals surface area contributed by atoms with E-state index in [2.05, 4.69) is 22.1 Å². The highest BCUT2D eigenvalue weighted by molar-refractivity contribution is 7.13. The number of carbonyl (C=O) groups is 1. The summed E-state index contributed by atoms with van der Waals surface area (Å²) in [5.41, 5.74) is 1.60. The Kier molecular flexibility index (Phi) is 4.82. The average molecular weight is 333 g/mol. The highest BCUT2D eigenvalue weighted by Gasteiger charge is 2.18. The normalized spacial score (nSPS) is 19.0. The molecule has 2 aromatic rings. The van der Waals surface area contributed by atoms with Crippen LogP contribution in [0.1, 0.15) is 47.3 Å². The molecular weight excluding hydrogens is 310 g/mol. The van der Waals surface area contributed by atoms with Crippen molar-refractivity contribution in [2.75, 3.05) is 18.4 Å². The molecule has 3 heterocycles. The summed E-state index contributed by atoms with van der Waals surface area (Å²) in [5.74, 6) is 1.98. The van der Waals surface area contributed by atoms with Crippen LogP contribution in [0, 0.1) is 19.8 Å². The standard InChI is InChI=1S/C17H23N3O2S/c1-11-5-4-6-20(8-11)9-14-10-23-17(18-14)19-16(21)15-7-12(2)22-13(15)3/h7,10-11H,4-6,8-9H2,1-3H3,(H,18,19,21). The van der Waals surface area contributed by atoms with E-state index in [1.807, 2.05) is 12.3 Å². The van der Waals surface area contributed by atoms with Gasteiger partial charge in [0.05, 0.1) is 11.3 Å². The number of thiazole rings is 1. The lowest BCUT2D eigenvalue weighted by atomic mass is 10.0. The molecule has 0 spiro atoms. The molecule has 1 N–H and O–H groups in total. The Morgan fingerprint density at radius 2 is 2.35 bits per heavy atom. The van der Waals surface area contributed by atoms with Crippen molar-refractivity contribution in [3.05, 3.63) is 34.2 Å². The van der Waals surface area contributed by atoms with Crippen molar-refractivity contribution in [1.82, 2.24) is 9.88 Å². The van der Waals surface area contributed by atoms with E-state index in [-0.39, 0.29) is 5.91 Å². The number of aryl methyl sites for hydroxylation is 2. The average Bonchev–Trinajstić information content (AvgIpc) is 3.05. The first-order valence-electron chi connectivity index (χ1n) is 8.06. The summed E-state index contributed by atoms with van der Waals surface area (Å²) in [6, 6.07) is 1.76. The molecular formula is C17H23N3O2S. The molecule has 0 aliphatic carbocycles. The molecule has 23 heavy (non-hydrogen) atoms. The van der Waals surface area contributed by atoms with Crippen molar-refractivity contribution in [3.63, 3.8) is 0 Å². The zero-order chi connectivity index (χ0) is 16.4. The van der Waals surface area contributed by atoms with Gasteiger partial charge in [0.15, 0.2) is 5.13 Å². The van der Waals surface area contributed by atoms with Gasteiger partial charge in [0.2, 0.25) is 0 Å². The van der Waals surface area contributed by atoms with E-state index in [1.54, 1.807) is 13.0 Å². The van der Waals surface area contributed by atoms with E-state index in [9.17, 15) is 4.79 Å². The van der Waals surface area contributed by atoms with E-state index in [0.29, 0.717) is 16.5 Å². The monoisotopic (exact) mass is 333 g/mol. The summed E-state index contributed by atoms with van der Waals surface area (Å²) in [7, 11) is 0. The van der Waals surface area contributed by atoms with Crippen LogP contribution in [-0.4, -0.2) is 28.9 Å². The number of rotatable bonds is 4. The lowest BCUT2D eigenvalue weighted by molar-refractivity contribution is 0.102. The summed E-state index contributed by atoms with van der Waals surface area (Å²) in [6.45, 7) is 9.07. The molecule has 1 unspecified atom stereocenters. The predicted molar refractivity (Wildman–Crippen MR) is 91.9 cm³/mol. The van der Waals surface area contributed by atoms with Gasteiger partial charge in [-0.15, -0.1) is 11.3 Å². The second-order valence-corrected chi connectivity index (χ2v) is 7.27. The number of hydrogen-bond acceptors (Lipinski definition) is 5. The van der Waals surface area contributed by atoms with E-state index in [0.717, 1.165) is 37.0 Å². The number of amides is 1. The molecule has 1 aliphatic rings. The van der Waals surface area contributed by atoms with Crippen molar-refractivity contribution in [2.45, 2.75) is 40.2 Å². The number of carbonyl (C=O) groups excluding carboxylic acids is 1. The first-order valence-corrected chi connectivity index (χ1v) is 8.94. The molecule has 0 aromatic carbocycles. The van der Waals surface area contributed by atoms with Gasteiger partial charge in [-0.2, -0.15) is 0 Å². The first-order chi connectivity index (χ1) is 11.0. The maximum absolute atomic E-state index is 12.3. The van der Waals surface area contributed by atoms with Gasteiger partial charge in [-0.05, 0) is 45.2 Å². The third-order valence-corrected chi connectivity index (χ3v) is 4.99. The van der Waals surface area contributed by atoms with Gasteiger partial charge in [-0.25, -0.2) is 4.98 Å². The highest BCUT2D eigenvalue weighted by atomic mass is 32.1. The lowest BCUT2D eigenvalue weighted by Gasteiger charge is -2.30. The second-order valence-electron chi connectivity index (χ2n) is 6.41. The molecule has 1 aliphatic heterocycles. The number of piperidine rings is 1. The van der Waals surface area contributed by atoms with Gasteiger partial charge >= 0.3 is 0 Å². The summed E-state index contributed by atoms with van der Waals surface area (Å²) in [4.78, 5) is 19.3. The molecule has 0 radical (unpaired) electrons. The third kappa shape index (κ3) is 4.00. The predicted octanol–water partition coefficient (Wildman–Crippen LogP) is 3.84. The Morgan fingerprint density at radius 1 is 1.52 bits per heavy atom. The minimum Gasteiger partial charge on any atom is -0.466 e. The third-order valence-electron chi connectivity index (χ3n) is 4.18. The van der Waals surface area contributed by atoms with Crippen LogP contribution in [-0.2, 0) is 6.54 Å². The largest absolute Gasteiger partial charge is 0.466 e. The summed E-state index contributed by atoms with van der Waals surface area (Å²) < 4.78 is 5.40. The lowest BCUT2D eigenvalue weighted by Crippen LogP contribution is -2.33. The maximum Gasteiger partial charge on any atom is 0.260 e. The number of hydrogen-bond donors (Lipinski definition) is 1. The number of aromatic nitrogens is 1. The van der Waals surface area contributed by atoms with Gasteiger partial charge < -0.3 is 4.42 Å². The number of anilines is 1. The molecule has 5 nitrogen and oxygen atoms in total. The van der Waals surface area contributed by atoms with E-state index in [4.69, 9.17) is 4.42 Å². The Balaban J connectivity index is 1.61. The number of nitrogens with one attached hydrogen (secondary N) is 1. The molecule has 1 amide bonds. The number of nitrogens with zero attached hydrogens (tertiary/aromatic N) is 2. The molecule has 0 saturated carbocycles. The van der Waals surface area contributed by atoms with Crippen molar-refractivity contribution >= 4 is 22.4 Å². The van der Waals surface area contributed by atoms with Gasteiger partial charge in [0.1, 0.15) is 11.5 Å². The van der Waals surface area contributed by atoms with Gasteiger partial charge in [0.25, 0.3) is 5.91 Å². The van der Waals surface area contributed by atoms with Crippen LogP contribution >= 0.6 is 11.3 Å². The molecule has 1 fully saturated rings. The van der Waals surface area contributed by atoms with E-state index < -0.39 is 0 Å². The smallest absolute Gasteiger partial charge is 0.260 e. The zero-order valence-electron chi connectivity index (χ0n) is 13.9. The van der Waals surface area contributed by atoms with Crippen molar-refractivity contribution in [2.24, 2.45) is 5.92 Å². The Morgan fingerprint density at radius 3 is 3.04 bits per heavy atom. The minimum absolute atomic E-state index is 0.160. The fraction of sp³-hybridized carbons (Fsp3) is 0.529. The zero-order valence-corrected chi connectivity index (χ0v) is 14.7. The van der Waals surface area contributed by atoms with Crippen LogP contribution < -0.4 is 5.32 Å². The van der Waals surface area contributed by atoms with Crippen LogP contribution in [0.25, 0.3) is 0 Å². The van der Waals surface area contributed by atoms with Gasteiger partial charge in [-0.1, -0.05) is 6.92 Å². The van der Waals surface area contributed by atoms with Crippen LogP contribution in [0.5, 0.6) is 0 Å². The number of likely N-dealkylation sites (tertiary alicyclic amines) is 1. The molecule has 0 bridgehead atoms. The summed E-state index contributed by atoms with van der Waals surface area (Å²) in [5, 5.41) is 5.55. The van der Waals surface area contributed by atoms with Crippen molar-refractivity contribution in [3.8, 4) is 0 Å². The summed E-state index contributed by atoms with van der Waals surface area (Å²) in [6.07, 6.45) is 2.58. The molecule has 1 saturated heterocycles. The molecule has 124 valence electrons. The SMILES string of the molecule is Cc1cc(C(=O)Nc2nc(CN3CCCC(C)C3)cs2)c(C)o1. The van der Waals surface area contributed by atoms with Crippen LogP contribution in [0.3, 0.4) is 0 Å². The van der Waals surface area contributed by atoms with Gasteiger partial charge in [-0.3, -0.25) is 15.0 Å². The van der Waals surface area contributed by atoms with Crippen LogP contribution in [0.4, 0.5) is 5.13 Å². The number of furan rings is 1. The van der Waals surface area contributed by atoms with E-state index >= 15 is 0 Å². The Hall–Kier alpha value is -1.66. The topological polar surface area (TPSA) is 58.4 Å². The Labute approximate surface area is 140 Å². The fourth-order valence-corrected chi connectivity index (χ4v) is 3.81. The molecule has 3 rings (SSSR count). The van der Waals surface area contributed by atoms with Crippen molar-refractivity contribution < 1.29 is 9.21 Å². The minimum atomic E-state index is -0.160. The fourth-order valence-electron chi connectivity index (χ4n) is 3.12. The van der Waals surface area contributed by atoms with Crippen LogP contribution in [0.2, 0.25) is 0 Å². The second kappa shape index (κ2) is 6.84. The molecule has 1 atom stereocenters. The van der Waals surface area contributed by atoms with Gasteiger partial charge in [0, 0.05) is 18.5 Å². The first kappa shape index (κ1) is 16.2. The van der Waals surface area contributed by atoms with Crippen molar-refractivity contribution in [1.29, 1.82) is 0 Å². The van der Waals surface area contributed by atoms with E-state index in [1.165, 1.54) is 24.2 Å². The van der Waals surface area contributed by atoms with Crippen LogP contribution in [0.15, 0.2) is 15.9 Å². The Bertz CT molecular complexity index is 692. The quantitative estimate of drug-likeness (QED) is 0.923. The molecule has 6 heteroatoms. The highest BCUT2D eigenvalue weighted by Crippen LogP contribution is 2.22. The molecule has 2 aromatic heterocycles. The maximum atomic E-state index is 12.3. The summed E-state index contributed by atoms with van der Waals surface area (Å²) >= 11 is 1.47.